The maximum absolute atomic E-state index is 12.5. The number of rotatable bonds is 6. The molecule has 0 radical (unpaired) electrons. The summed E-state index contributed by atoms with van der Waals surface area (Å²) >= 11 is 0. The number of piperidine rings is 2. The molecule has 3 aliphatic rings. The van der Waals surface area contributed by atoms with E-state index in [2.05, 4.69) is 77.1 Å². The molecular weight excluding hydrogens is 420 g/mol. The second-order valence-corrected chi connectivity index (χ2v) is 10.9. The van der Waals surface area contributed by atoms with Crippen LogP contribution in [0.15, 0.2) is 48.5 Å². The van der Waals surface area contributed by atoms with Crippen molar-refractivity contribution in [1.82, 2.24) is 9.80 Å². The van der Waals surface area contributed by atoms with Crippen molar-refractivity contribution in [2.75, 3.05) is 44.2 Å². The van der Waals surface area contributed by atoms with Crippen LogP contribution in [-0.4, -0.2) is 60.5 Å². The van der Waals surface area contributed by atoms with Gasteiger partial charge in [-0.2, -0.15) is 0 Å². The van der Waals surface area contributed by atoms with Gasteiger partial charge in [-0.1, -0.05) is 56.7 Å². The fourth-order valence-electron chi connectivity index (χ4n) is 6.63. The van der Waals surface area contributed by atoms with E-state index in [1.807, 2.05) is 0 Å². The zero-order valence-corrected chi connectivity index (χ0v) is 20.9. The second kappa shape index (κ2) is 9.35. The molecule has 2 saturated heterocycles. The largest absolute Gasteiger partial charge is 0.368 e. The molecule has 34 heavy (non-hydrogen) atoms. The molecule has 3 aliphatic heterocycles. The third-order valence-corrected chi connectivity index (χ3v) is 8.70. The van der Waals surface area contributed by atoms with Gasteiger partial charge in [-0.25, -0.2) is 0 Å². The number of nitrogens with zero attached hydrogens (tertiary/aromatic N) is 3. The molecule has 2 N–H and O–H groups in total. The van der Waals surface area contributed by atoms with Crippen LogP contribution in [0.25, 0.3) is 0 Å². The number of primary amides is 1. The Kier molecular flexibility index (Phi) is 6.43. The highest BCUT2D eigenvalue weighted by Crippen LogP contribution is 2.48. The van der Waals surface area contributed by atoms with Crippen LogP contribution >= 0.6 is 0 Å². The number of fused-ring (bicyclic) bond motifs is 2. The van der Waals surface area contributed by atoms with Crippen LogP contribution in [0.2, 0.25) is 0 Å². The first-order valence-electron chi connectivity index (χ1n) is 13.2. The van der Waals surface area contributed by atoms with Gasteiger partial charge in [-0.3, -0.25) is 9.69 Å². The molecule has 5 rings (SSSR count). The molecule has 0 atom stereocenters. The van der Waals surface area contributed by atoms with Crippen LogP contribution in [-0.2, 0) is 10.2 Å². The lowest BCUT2D eigenvalue weighted by atomic mass is 9.73. The van der Waals surface area contributed by atoms with Gasteiger partial charge in [0.15, 0.2) is 0 Å². The van der Waals surface area contributed by atoms with Gasteiger partial charge >= 0.3 is 0 Å². The lowest BCUT2D eigenvalue weighted by molar-refractivity contribution is -0.134. The minimum atomic E-state index is -0.423. The highest BCUT2D eigenvalue weighted by Gasteiger charge is 2.45. The lowest BCUT2D eigenvalue weighted by Gasteiger charge is -2.48. The standard InChI is InChI=1S/C29H40N4O/c1-28(2)23-11-4-6-13-25(23)33(26-14-7-5-12-24(26)28)20-10-17-31-21-15-29(16-22-31,27(30)34)32-18-8-3-9-19-32/h4-7,11-14H,3,8-10,15-22H2,1-2H3,(H2,30,34). The predicted molar refractivity (Wildman–Crippen MR) is 140 cm³/mol. The predicted octanol–water partition coefficient (Wildman–Crippen LogP) is 4.66. The zero-order valence-electron chi connectivity index (χ0n) is 20.9. The van der Waals surface area contributed by atoms with Crippen LogP contribution in [0.4, 0.5) is 11.4 Å². The number of hydrogen-bond acceptors (Lipinski definition) is 4. The summed E-state index contributed by atoms with van der Waals surface area (Å²) in [5, 5.41) is 0. The zero-order chi connectivity index (χ0) is 23.8. The molecule has 2 aromatic carbocycles. The molecule has 3 heterocycles. The number of carbonyl (C=O) groups is 1. The number of nitrogens with two attached hydrogens (primary N) is 1. The van der Waals surface area contributed by atoms with Crippen LogP contribution in [0, 0.1) is 0 Å². The monoisotopic (exact) mass is 460 g/mol. The van der Waals surface area contributed by atoms with Gasteiger partial charge in [-0.15, -0.1) is 0 Å². The van der Waals surface area contributed by atoms with Crippen molar-refractivity contribution in [1.29, 1.82) is 0 Å². The summed E-state index contributed by atoms with van der Waals surface area (Å²) in [5.41, 5.74) is 11.0. The highest BCUT2D eigenvalue weighted by atomic mass is 16.1. The molecule has 2 fully saturated rings. The van der Waals surface area contributed by atoms with Gasteiger partial charge in [0.05, 0.1) is 0 Å². The molecule has 1 amide bonds. The van der Waals surface area contributed by atoms with Gasteiger partial charge in [0.25, 0.3) is 0 Å². The van der Waals surface area contributed by atoms with E-state index in [0.717, 1.165) is 58.5 Å². The van der Waals surface area contributed by atoms with E-state index in [-0.39, 0.29) is 11.3 Å². The van der Waals surface area contributed by atoms with Crippen molar-refractivity contribution in [3.63, 3.8) is 0 Å². The van der Waals surface area contributed by atoms with Crippen molar-refractivity contribution in [3.05, 3.63) is 59.7 Å². The molecular formula is C29H40N4O. The first-order valence-corrected chi connectivity index (χ1v) is 13.2. The fourth-order valence-corrected chi connectivity index (χ4v) is 6.63. The summed E-state index contributed by atoms with van der Waals surface area (Å²) in [6.07, 6.45) is 6.48. The van der Waals surface area contributed by atoms with Gasteiger partial charge in [0, 0.05) is 36.4 Å². The van der Waals surface area contributed by atoms with Gasteiger partial charge in [0.1, 0.15) is 5.54 Å². The Morgan fingerprint density at radius 2 is 1.38 bits per heavy atom. The maximum Gasteiger partial charge on any atom is 0.238 e. The van der Waals surface area contributed by atoms with Crippen molar-refractivity contribution in [2.24, 2.45) is 5.73 Å². The van der Waals surface area contributed by atoms with Crippen LogP contribution in [0.3, 0.4) is 0 Å². The third kappa shape index (κ3) is 4.03. The average Bonchev–Trinajstić information content (AvgIpc) is 2.87. The Bertz CT molecular complexity index is 969. The molecule has 5 heteroatoms. The van der Waals surface area contributed by atoms with Crippen molar-refractivity contribution < 1.29 is 4.79 Å². The van der Waals surface area contributed by atoms with Gasteiger partial charge < -0.3 is 15.5 Å². The van der Waals surface area contributed by atoms with Gasteiger partial charge in [-0.05, 0) is 75.0 Å². The van der Waals surface area contributed by atoms with E-state index >= 15 is 0 Å². The molecule has 0 spiro atoms. The van der Waals surface area contributed by atoms with Crippen LogP contribution in [0.1, 0.15) is 63.5 Å². The summed E-state index contributed by atoms with van der Waals surface area (Å²) in [5.74, 6) is -0.113. The Labute approximate surface area is 204 Å². The van der Waals surface area contributed by atoms with Crippen LogP contribution < -0.4 is 10.6 Å². The summed E-state index contributed by atoms with van der Waals surface area (Å²) < 4.78 is 0. The molecule has 0 unspecified atom stereocenters. The third-order valence-electron chi connectivity index (χ3n) is 8.70. The molecule has 2 aromatic rings. The molecule has 0 bridgehead atoms. The molecule has 0 aromatic heterocycles. The quantitative estimate of drug-likeness (QED) is 0.681. The van der Waals surface area contributed by atoms with E-state index in [9.17, 15) is 4.79 Å². The van der Waals surface area contributed by atoms with E-state index in [1.165, 1.54) is 41.8 Å². The SMILES string of the molecule is CC1(C)c2ccccc2N(CCCN2CCC(C(N)=O)(N3CCCCC3)CC2)c2ccccc21. The van der Waals surface area contributed by atoms with Crippen molar-refractivity contribution >= 4 is 17.3 Å². The smallest absolute Gasteiger partial charge is 0.238 e. The fraction of sp³-hybridized carbons (Fsp3) is 0.552. The Morgan fingerprint density at radius 1 is 0.824 bits per heavy atom. The Hall–Kier alpha value is -2.37. The van der Waals surface area contributed by atoms with Gasteiger partial charge in [0.2, 0.25) is 5.91 Å². The summed E-state index contributed by atoms with van der Waals surface area (Å²) in [6, 6.07) is 17.7. The minimum absolute atomic E-state index is 0.00308. The van der Waals surface area contributed by atoms with E-state index in [1.54, 1.807) is 0 Å². The van der Waals surface area contributed by atoms with Crippen molar-refractivity contribution in [3.8, 4) is 0 Å². The topological polar surface area (TPSA) is 52.8 Å². The lowest BCUT2D eigenvalue weighted by Crippen LogP contribution is -2.63. The first kappa shape index (κ1) is 23.4. The normalized spacial score (nSPS) is 22.1. The van der Waals surface area contributed by atoms with Crippen molar-refractivity contribution in [2.45, 2.75) is 63.3 Å². The second-order valence-electron chi connectivity index (χ2n) is 10.9. The molecule has 0 aliphatic carbocycles. The summed E-state index contributed by atoms with van der Waals surface area (Å²) in [7, 11) is 0. The number of likely N-dealkylation sites (tertiary alicyclic amines) is 2. The number of hydrogen-bond donors (Lipinski definition) is 1. The molecule has 182 valence electrons. The van der Waals surface area contributed by atoms with E-state index in [4.69, 9.17) is 5.73 Å². The molecule has 5 nitrogen and oxygen atoms in total. The van der Waals surface area contributed by atoms with E-state index < -0.39 is 5.54 Å². The maximum atomic E-state index is 12.5. The Morgan fingerprint density at radius 3 is 1.94 bits per heavy atom. The number of para-hydroxylation sites is 2. The first-order chi connectivity index (χ1) is 16.4. The Balaban J connectivity index is 1.25. The van der Waals surface area contributed by atoms with E-state index in [0.29, 0.717) is 0 Å². The summed E-state index contributed by atoms with van der Waals surface area (Å²) in [4.78, 5) is 20.0. The number of anilines is 2. The minimum Gasteiger partial charge on any atom is -0.368 e. The average molecular weight is 461 g/mol. The van der Waals surface area contributed by atoms with Crippen LogP contribution in [0.5, 0.6) is 0 Å². The summed E-state index contributed by atoms with van der Waals surface area (Å²) in [6.45, 7) is 10.7. The molecule has 0 saturated carbocycles. The highest BCUT2D eigenvalue weighted by molar-refractivity contribution is 5.85. The number of carbonyl (C=O) groups excluding carboxylic acids is 1. The number of amides is 1. The number of benzene rings is 2.